The number of aromatic nitrogens is 2. The fourth-order valence-corrected chi connectivity index (χ4v) is 2.79. The largest absolute Gasteiger partial charge is 0.368 e. The number of primary amides is 1. The van der Waals surface area contributed by atoms with Crippen LogP contribution in [0.25, 0.3) is 0 Å². The van der Waals surface area contributed by atoms with E-state index < -0.39 is 0 Å². The molecule has 5 heteroatoms. The van der Waals surface area contributed by atoms with E-state index in [1.807, 2.05) is 25.3 Å². The smallest absolute Gasteiger partial charge is 0.235 e. The summed E-state index contributed by atoms with van der Waals surface area (Å²) in [7, 11) is 0. The van der Waals surface area contributed by atoms with E-state index >= 15 is 0 Å². The van der Waals surface area contributed by atoms with Gasteiger partial charge in [-0.2, -0.15) is 0 Å². The van der Waals surface area contributed by atoms with Crippen LogP contribution in [0.3, 0.4) is 0 Å². The molecule has 1 atom stereocenters. The predicted octanol–water partition coefficient (Wildman–Crippen LogP) is 1.13. The van der Waals surface area contributed by atoms with Gasteiger partial charge in [0, 0.05) is 25.0 Å². The molecule has 0 aliphatic carbocycles. The molecule has 104 valence electrons. The number of aryl methyl sites for hydroxylation is 1. The van der Waals surface area contributed by atoms with Crippen LogP contribution in [0, 0.1) is 6.92 Å². The summed E-state index contributed by atoms with van der Waals surface area (Å²) in [6.07, 6.45) is 2.49. The number of amides is 1. The molecule has 0 spiro atoms. The molecule has 1 aromatic carbocycles. The molecule has 0 radical (unpaired) electrons. The summed E-state index contributed by atoms with van der Waals surface area (Å²) in [5.74, 6) is 0.615. The molecule has 3 rings (SSSR count). The molecule has 5 nitrogen and oxygen atoms in total. The number of benzene rings is 1. The number of rotatable bonds is 3. The quantitative estimate of drug-likeness (QED) is 0.878. The molecular weight excluding hydrogens is 252 g/mol. The number of fused-ring (bicyclic) bond motifs is 1. The average Bonchev–Trinajstić information content (AvgIpc) is 2.83. The van der Waals surface area contributed by atoms with Gasteiger partial charge in [0.15, 0.2) is 0 Å². The summed E-state index contributed by atoms with van der Waals surface area (Å²) in [5.41, 5.74) is 9.06. The Bertz CT molecular complexity index is 634. The maximum absolute atomic E-state index is 11.7. The normalized spacial score (nSPS) is 18.8. The van der Waals surface area contributed by atoms with Crippen molar-refractivity contribution in [2.24, 2.45) is 5.73 Å². The second-order valence-electron chi connectivity index (χ2n) is 5.29. The van der Waals surface area contributed by atoms with Gasteiger partial charge in [-0.1, -0.05) is 24.3 Å². The minimum atomic E-state index is -0.268. The lowest BCUT2D eigenvalue weighted by Crippen LogP contribution is -2.48. The third-order valence-electron chi connectivity index (χ3n) is 3.80. The molecule has 20 heavy (non-hydrogen) atoms. The number of aromatic amines is 1. The minimum absolute atomic E-state index is 0.256. The van der Waals surface area contributed by atoms with E-state index in [0.29, 0.717) is 13.0 Å². The van der Waals surface area contributed by atoms with Gasteiger partial charge in [0.25, 0.3) is 0 Å². The standard InChI is InChI=1S/C15H18N4O/c1-10-17-7-13(18-10)9-19-8-12-5-3-2-4-11(12)6-14(19)15(16)20/h2-5,7,14H,6,8-9H2,1H3,(H2,16,20)(H,17,18)/t14-/m0/s1. The van der Waals surface area contributed by atoms with Crippen LogP contribution in [0.1, 0.15) is 22.6 Å². The number of hydrogen-bond donors (Lipinski definition) is 2. The van der Waals surface area contributed by atoms with Gasteiger partial charge in [-0.15, -0.1) is 0 Å². The molecule has 0 fully saturated rings. The van der Waals surface area contributed by atoms with Gasteiger partial charge < -0.3 is 10.7 Å². The van der Waals surface area contributed by atoms with Crippen LogP contribution in [0.5, 0.6) is 0 Å². The molecule has 2 aromatic rings. The Morgan fingerprint density at radius 2 is 2.20 bits per heavy atom. The highest BCUT2D eigenvalue weighted by molar-refractivity contribution is 5.80. The third kappa shape index (κ3) is 2.44. The van der Waals surface area contributed by atoms with Gasteiger partial charge in [0.2, 0.25) is 5.91 Å². The topological polar surface area (TPSA) is 75.0 Å². The van der Waals surface area contributed by atoms with Crippen molar-refractivity contribution in [2.75, 3.05) is 0 Å². The summed E-state index contributed by atoms with van der Waals surface area (Å²) >= 11 is 0. The number of carbonyl (C=O) groups is 1. The van der Waals surface area contributed by atoms with E-state index in [4.69, 9.17) is 5.73 Å². The van der Waals surface area contributed by atoms with E-state index in [1.54, 1.807) is 0 Å². The molecule has 1 amide bonds. The third-order valence-corrected chi connectivity index (χ3v) is 3.80. The second kappa shape index (κ2) is 5.09. The minimum Gasteiger partial charge on any atom is -0.368 e. The first-order valence-corrected chi connectivity index (χ1v) is 6.74. The Kier molecular flexibility index (Phi) is 3.28. The number of imidazole rings is 1. The highest BCUT2D eigenvalue weighted by Gasteiger charge is 2.30. The van der Waals surface area contributed by atoms with Crippen LogP contribution < -0.4 is 5.73 Å². The lowest BCUT2D eigenvalue weighted by atomic mass is 9.93. The molecule has 0 saturated carbocycles. The maximum Gasteiger partial charge on any atom is 0.235 e. The maximum atomic E-state index is 11.7. The van der Waals surface area contributed by atoms with Crippen molar-refractivity contribution < 1.29 is 4.79 Å². The molecule has 1 aromatic heterocycles. The first-order valence-electron chi connectivity index (χ1n) is 6.74. The molecule has 0 saturated heterocycles. The first-order chi connectivity index (χ1) is 9.63. The van der Waals surface area contributed by atoms with Crippen LogP contribution in [-0.2, 0) is 24.3 Å². The van der Waals surface area contributed by atoms with Gasteiger partial charge in [-0.05, 0) is 24.5 Å². The van der Waals surface area contributed by atoms with E-state index in [9.17, 15) is 4.79 Å². The molecular formula is C15H18N4O. The Morgan fingerprint density at radius 3 is 2.85 bits per heavy atom. The second-order valence-corrected chi connectivity index (χ2v) is 5.29. The van der Waals surface area contributed by atoms with Crippen molar-refractivity contribution in [3.8, 4) is 0 Å². The highest BCUT2D eigenvalue weighted by atomic mass is 16.1. The van der Waals surface area contributed by atoms with Crippen molar-refractivity contribution in [3.63, 3.8) is 0 Å². The van der Waals surface area contributed by atoms with Gasteiger partial charge in [-0.25, -0.2) is 4.98 Å². The number of nitrogens with zero attached hydrogens (tertiary/aromatic N) is 2. The number of hydrogen-bond acceptors (Lipinski definition) is 3. The average molecular weight is 270 g/mol. The van der Waals surface area contributed by atoms with Gasteiger partial charge >= 0.3 is 0 Å². The molecule has 1 aliphatic rings. The van der Waals surface area contributed by atoms with Crippen LogP contribution in [-0.4, -0.2) is 26.8 Å². The highest BCUT2D eigenvalue weighted by Crippen LogP contribution is 2.24. The summed E-state index contributed by atoms with van der Waals surface area (Å²) in [6.45, 7) is 3.31. The fraction of sp³-hybridized carbons (Fsp3) is 0.333. The van der Waals surface area contributed by atoms with Crippen LogP contribution in [0.2, 0.25) is 0 Å². The van der Waals surface area contributed by atoms with E-state index in [-0.39, 0.29) is 11.9 Å². The van der Waals surface area contributed by atoms with Crippen molar-refractivity contribution in [1.82, 2.24) is 14.9 Å². The predicted molar refractivity (Wildman–Crippen MR) is 75.7 cm³/mol. The fourth-order valence-electron chi connectivity index (χ4n) is 2.79. The monoisotopic (exact) mass is 270 g/mol. The Balaban J connectivity index is 1.86. The van der Waals surface area contributed by atoms with Gasteiger partial charge in [-0.3, -0.25) is 9.69 Å². The van der Waals surface area contributed by atoms with Crippen molar-refractivity contribution in [3.05, 3.63) is 53.1 Å². The Morgan fingerprint density at radius 1 is 1.45 bits per heavy atom. The molecule has 1 aliphatic heterocycles. The van der Waals surface area contributed by atoms with E-state index in [0.717, 1.165) is 18.1 Å². The lowest BCUT2D eigenvalue weighted by molar-refractivity contribution is -0.124. The summed E-state index contributed by atoms with van der Waals surface area (Å²) in [4.78, 5) is 21.2. The summed E-state index contributed by atoms with van der Waals surface area (Å²) in [6, 6.07) is 7.96. The van der Waals surface area contributed by atoms with Gasteiger partial charge in [0.1, 0.15) is 5.82 Å². The SMILES string of the molecule is Cc1ncc(CN2Cc3ccccc3C[C@H]2C(N)=O)[nH]1. The van der Waals surface area contributed by atoms with Crippen LogP contribution in [0.4, 0.5) is 0 Å². The zero-order valence-corrected chi connectivity index (χ0v) is 11.5. The van der Waals surface area contributed by atoms with Crippen molar-refractivity contribution in [1.29, 1.82) is 0 Å². The van der Waals surface area contributed by atoms with Crippen LogP contribution >= 0.6 is 0 Å². The van der Waals surface area contributed by atoms with Crippen LogP contribution in [0.15, 0.2) is 30.5 Å². The molecule has 2 heterocycles. The molecule has 3 N–H and O–H groups in total. The molecule has 0 unspecified atom stereocenters. The summed E-state index contributed by atoms with van der Waals surface area (Å²) in [5, 5.41) is 0. The zero-order chi connectivity index (χ0) is 14.1. The number of H-pyrrole nitrogens is 1. The Labute approximate surface area is 117 Å². The number of nitrogens with two attached hydrogens (primary N) is 1. The van der Waals surface area contributed by atoms with E-state index in [1.165, 1.54) is 11.1 Å². The van der Waals surface area contributed by atoms with Gasteiger partial charge in [0.05, 0.1) is 6.04 Å². The van der Waals surface area contributed by atoms with E-state index in [2.05, 4.69) is 27.0 Å². The number of nitrogens with one attached hydrogen (secondary N) is 1. The molecule has 0 bridgehead atoms. The zero-order valence-electron chi connectivity index (χ0n) is 11.5. The Hall–Kier alpha value is -2.14. The summed E-state index contributed by atoms with van der Waals surface area (Å²) < 4.78 is 0. The van der Waals surface area contributed by atoms with Crippen molar-refractivity contribution in [2.45, 2.75) is 32.5 Å². The first kappa shape index (κ1) is 12.9. The lowest BCUT2D eigenvalue weighted by Gasteiger charge is -2.34. The number of carbonyl (C=O) groups excluding carboxylic acids is 1. The van der Waals surface area contributed by atoms with Crippen molar-refractivity contribution >= 4 is 5.91 Å².